The molecule has 8 nitrogen and oxygen atoms in total. The third-order valence-electron chi connectivity index (χ3n) is 3.52. The highest BCUT2D eigenvalue weighted by atomic mass is 127. The molecule has 160 valence electrons. The number of nitrogens with one attached hydrogen (secondary N) is 3. The third-order valence-corrected chi connectivity index (χ3v) is 4.43. The lowest BCUT2D eigenvalue weighted by molar-refractivity contribution is -0.384. The van der Waals surface area contributed by atoms with Crippen molar-refractivity contribution in [2.75, 3.05) is 32.0 Å². The Labute approximate surface area is 186 Å². The molecule has 3 N–H and O–H groups in total. The molecule has 1 heterocycles. The lowest BCUT2D eigenvalue weighted by Crippen LogP contribution is -2.40. The SMILES string of the molecule is CN=C(NCCNc1ccc([N+](=O)[O-])cc1)NCCc1nc(C(F)(F)F)cs1.I. The Morgan fingerprint density at radius 3 is 2.41 bits per heavy atom. The normalized spacial score (nSPS) is 11.5. The summed E-state index contributed by atoms with van der Waals surface area (Å²) in [6, 6.07) is 6.07. The van der Waals surface area contributed by atoms with Gasteiger partial charge in [-0.25, -0.2) is 4.98 Å². The maximum Gasteiger partial charge on any atom is 0.434 e. The Morgan fingerprint density at radius 1 is 1.21 bits per heavy atom. The highest BCUT2D eigenvalue weighted by Crippen LogP contribution is 2.29. The van der Waals surface area contributed by atoms with Crippen LogP contribution in [0.3, 0.4) is 0 Å². The molecule has 29 heavy (non-hydrogen) atoms. The average Bonchev–Trinajstić information content (AvgIpc) is 3.13. The number of hydrogen-bond donors (Lipinski definition) is 3. The van der Waals surface area contributed by atoms with Gasteiger partial charge in [0.1, 0.15) is 0 Å². The maximum atomic E-state index is 12.5. The first kappa shape index (κ1) is 24.9. The second-order valence-corrected chi connectivity index (χ2v) is 6.47. The molecule has 0 spiro atoms. The molecule has 0 saturated heterocycles. The predicted molar refractivity (Wildman–Crippen MR) is 117 cm³/mol. The molecule has 0 radical (unpaired) electrons. The molecule has 1 aromatic carbocycles. The maximum absolute atomic E-state index is 12.5. The lowest BCUT2D eigenvalue weighted by Gasteiger charge is -2.12. The van der Waals surface area contributed by atoms with E-state index in [0.717, 1.165) is 22.4 Å². The summed E-state index contributed by atoms with van der Waals surface area (Å²) in [6.45, 7) is 1.45. The van der Waals surface area contributed by atoms with E-state index in [1.54, 1.807) is 19.2 Å². The molecule has 2 aromatic rings. The van der Waals surface area contributed by atoms with Crippen molar-refractivity contribution in [3.63, 3.8) is 0 Å². The van der Waals surface area contributed by atoms with Crippen LogP contribution in [0.5, 0.6) is 0 Å². The minimum atomic E-state index is -4.42. The molecule has 0 unspecified atom stereocenters. The van der Waals surface area contributed by atoms with Crippen molar-refractivity contribution in [2.45, 2.75) is 12.6 Å². The second kappa shape index (κ2) is 11.7. The lowest BCUT2D eigenvalue weighted by atomic mass is 10.3. The first-order chi connectivity index (χ1) is 13.3. The molecular formula is C16H20F3IN6O2S. The van der Waals surface area contributed by atoms with Crippen LogP contribution in [0.1, 0.15) is 10.7 Å². The summed E-state index contributed by atoms with van der Waals surface area (Å²) in [5.74, 6) is 0.512. The molecule has 0 aliphatic rings. The van der Waals surface area contributed by atoms with Crippen molar-refractivity contribution in [2.24, 2.45) is 4.99 Å². The van der Waals surface area contributed by atoms with E-state index < -0.39 is 16.8 Å². The van der Waals surface area contributed by atoms with Crippen LogP contribution < -0.4 is 16.0 Å². The number of hydrogen-bond acceptors (Lipinski definition) is 6. The van der Waals surface area contributed by atoms with Gasteiger partial charge in [0.2, 0.25) is 0 Å². The summed E-state index contributed by atoms with van der Waals surface area (Å²) in [7, 11) is 1.59. The van der Waals surface area contributed by atoms with E-state index in [0.29, 0.717) is 37.0 Å². The van der Waals surface area contributed by atoms with Crippen LogP contribution in [0, 0.1) is 10.1 Å². The molecule has 0 amide bonds. The molecular weight excluding hydrogens is 524 g/mol. The average molecular weight is 544 g/mol. The Morgan fingerprint density at radius 2 is 1.86 bits per heavy atom. The highest BCUT2D eigenvalue weighted by molar-refractivity contribution is 14.0. The van der Waals surface area contributed by atoms with Gasteiger partial charge in [-0.3, -0.25) is 15.1 Å². The van der Waals surface area contributed by atoms with Crippen LogP contribution in [0.25, 0.3) is 0 Å². The van der Waals surface area contributed by atoms with Gasteiger partial charge in [0, 0.05) is 56.3 Å². The summed E-state index contributed by atoms with van der Waals surface area (Å²) < 4.78 is 37.6. The minimum absolute atomic E-state index is 0. The zero-order valence-corrected chi connectivity index (χ0v) is 18.5. The number of non-ortho nitro benzene ring substituents is 1. The number of anilines is 1. The van der Waals surface area contributed by atoms with E-state index in [1.807, 2.05) is 0 Å². The van der Waals surface area contributed by atoms with E-state index in [4.69, 9.17) is 0 Å². The van der Waals surface area contributed by atoms with Gasteiger partial charge in [-0.05, 0) is 12.1 Å². The number of benzene rings is 1. The number of halogens is 4. The van der Waals surface area contributed by atoms with Gasteiger partial charge in [-0.15, -0.1) is 35.3 Å². The minimum Gasteiger partial charge on any atom is -0.383 e. The number of nitro benzene ring substituents is 1. The summed E-state index contributed by atoms with van der Waals surface area (Å²) in [4.78, 5) is 17.7. The Bertz CT molecular complexity index is 814. The van der Waals surface area contributed by atoms with Crippen LogP contribution in [0.4, 0.5) is 24.5 Å². The number of alkyl halides is 3. The number of aliphatic imine (C=N–C) groups is 1. The summed E-state index contributed by atoms with van der Waals surface area (Å²) in [5.41, 5.74) is -0.0947. The van der Waals surface area contributed by atoms with Crippen molar-refractivity contribution >= 4 is 52.6 Å². The Hall–Kier alpha value is -2.16. The smallest absolute Gasteiger partial charge is 0.383 e. The largest absolute Gasteiger partial charge is 0.434 e. The van der Waals surface area contributed by atoms with Crippen LogP contribution >= 0.6 is 35.3 Å². The summed E-state index contributed by atoms with van der Waals surface area (Å²) in [5, 5.41) is 21.2. The molecule has 0 aliphatic heterocycles. The molecule has 1 aromatic heterocycles. The number of thiazole rings is 1. The van der Waals surface area contributed by atoms with Gasteiger partial charge in [-0.1, -0.05) is 0 Å². The number of aromatic nitrogens is 1. The first-order valence-electron chi connectivity index (χ1n) is 8.24. The molecule has 2 rings (SSSR count). The summed E-state index contributed by atoms with van der Waals surface area (Å²) in [6.07, 6.45) is -4.07. The number of rotatable bonds is 8. The third kappa shape index (κ3) is 8.39. The highest BCUT2D eigenvalue weighted by Gasteiger charge is 2.33. The van der Waals surface area contributed by atoms with Gasteiger partial charge in [0.25, 0.3) is 5.69 Å². The van der Waals surface area contributed by atoms with Crippen LogP contribution in [-0.2, 0) is 12.6 Å². The van der Waals surface area contributed by atoms with Crippen LogP contribution in [0.15, 0.2) is 34.6 Å². The molecule has 0 fully saturated rings. The standard InChI is InChI=1S/C16H19F3N6O2S.HI/c1-20-15(22-7-6-14-24-13(10-28-14)16(17,18)19)23-9-8-21-11-2-4-12(5-3-11)25(26)27;/h2-5,10,21H,6-9H2,1H3,(H2,20,22,23);1H. The van der Waals surface area contributed by atoms with E-state index in [1.165, 1.54) is 12.1 Å². The Kier molecular flexibility index (Phi) is 10.1. The first-order valence-corrected chi connectivity index (χ1v) is 9.12. The molecule has 0 bridgehead atoms. The van der Waals surface area contributed by atoms with E-state index in [2.05, 4.69) is 25.9 Å². The molecule has 0 atom stereocenters. The molecule has 0 aliphatic carbocycles. The quantitative estimate of drug-likeness (QED) is 0.117. The fourth-order valence-electron chi connectivity index (χ4n) is 2.15. The molecule has 0 saturated carbocycles. The van der Waals surface area contributed by atoms with E-state index in [9.17, 15) is 23.3 Å². The number of nitrogens with zero attached hydrogens (tertiary/aromatic N) is 3. The topological polar surface area (TPSA) is 104 Å². The van der Waals surface area contributed by atoms with Crippen LogP contribution in [-0.4, -0.2) is 42.5 Å². The fourth-order valence-corrected chi connectivity index (χ4v) is 2.96. The number of nitro groups is 1. The van der Waals surface area contributed by atoms with E-state index >= 15 is 0 Å². The van der Waals surface area contributed by atoms with Gasteiger partial charge in [-0.2, -0.15) is 13.2 Å². The van der Waals surface area contributed by atoms with Crippen molar-refractivity contribution in [3.8, 4) is 0 Å². The van der Waals surface area contributed by atoms with E-state index in [-0.39, 0.29) is 29.7 Å². The zero-order chi connectivity index (χ0) is 20.6. The van der Waals surface area contributed by atoms with Gasteiger partial charge in [0.15, 0.2) is 11.7 Å². The molecule has 13 heteroatoms. The van der Waals surface area contributed by atoms with Gasteiger partial charge < -0.3 is 16.0 Å². The monoisotopic (exact) mass is 544 g/mol. The zero-order valence-electron chi connectivity index (χ0n) is 15.3. The number of guanidine groups is 1. The fraction of sp³-hybridized carbons (Fsp3) is 0.375. The van der Waals surface area contributed by atoms with Crippen molar-refractivity contribution in [3.05, 3.63) is 50.5 Å². The predicted octanol–water partition coefficient (Wildman–Crippen LogP) is 3.51. The van der Waals surface area contributed by atoms with Crippen molar-refractivity contribution < 1.29 is 18.1 Å². The van der Waals surface area contributed by atoms with Gasteiger partial charge >= 0.3 is 6.18 Å². The summed E-state index contributed by atoms with van der Waals surface area (Å²) >= 11 is 0.974. The Balaban J connectivity index is 0.00000420. The van der Waals surface area contributed by atoms with Crippen LogP contribution in [0.2, 0.25) is 0 Å². The van der Waals surface area contributed by atoms with Crippen molar-refractivity contribution in [1.29, 1.82) is 0 Å². The van der Waals surface area contributed by atoms with Crippen molar-refractivity contribution in [1.82, 2.24) is 15.6 Å². The second-order valence-electron chi connectivity index (χ2n) is 5.53. The van der Waals surface area contributed by atoms with Gasteiger partial charge in [0.05, 0.1) is 9.93 Å².